The first kappa shape index (κ1) is 12.7. The van der Waals surface area contributed by atoms with Gasteiger partial charge in [0.15, 0.2) is 0 Å². The van der Waals surface area contributed by atoms with E-state index in [4.69, 9.17) is 23.2 Å². The van der Waals surface area contributed by atoms with Crippen LogP contribution in [0.15, 0.2) is 12.1 Å². The van der Waals surface area contributed by atoms with E-state index >= 15 is 0 Å². The smallest absolute Gasteiger partial charge is 0.310 e. The van der Waals surface area contributed by atoms with Crippen LogP contribution in [0.1, 0.15) is 5.56 Å². The highest BCUT2D eigenvalue weighted by atomic mass is 35.5. The Kier molecular flexibility index (Phi) is 4.09. The quantitative estimate of drug-likeness (QED) is 0.478. The van der Waals surface area contributed by atoms with Crippen molar-refractivity contribution in [3.05, 3.63) is 37.9 Å². The number of ether oxygens (including phenoxy) is 1. The van der Waals surface area contributed by atoms with Crippen LogP contribution in [0, 0.1) is 10.1 Å². The zero-order chi connectivity index (χ0) is 12.3. The monoisotopic (exact) mass is 263 g/mol. The molecule has 0 aliphatic carbocycles. The maximum atomic E-state index is 11.1. The van der Waals surface area contributed by atoms with Gasteiger partial charge < -0.3 is 4.74 Å². The van der Waals surface area contributed by atoms with Crippen molar-refractivity contribution in [2.24, 2.45) is 0 Å². The summed E-state index contributed by atoms with van der Waals surface area (Å²) < 4.78 is 4.42. The Morgan fingerprint density at radius 1 is 1.44 bits per heavy atom. The number of rotatable bonds is 3. The lowest BCUT2D eigenvalue weighted by atomic mass is 10.1. The van der Waals surface area contributed by atoms with Crippen LogP contribution in [0.25, 0.3) is 0 Å². The zero-order valence-electron chi connectivity index (χ0n) is 8.20. The van der Waals surface area contributed by atoms with Crippen LogP contribution in [0.4, 0.5) is 5.69 Å². The van der Waals surface area contributed by atoms with Crippen molar-refractivity contribution in [1.82, 2.24) is 0 Å². The molecule has 7 heteroatoms. The van der Waals surface area contributed by atoms with Crippen LogP contribution in [0.3, 0.4) is 0 Å². The van der Waals surface area contributed by atoms with Crippen LogP contribution >= 0.6 is 23.2 Å². The summed E-state index contributed by atoms with van der Waals surface area (Å²) in [6.45, 7) is 0. The molecule has 16 heavy (non-hydrogen) atoms. The van der Waals surface area contributed by atoms with Crippen LogP contribution in [-0.4, -0.2) is 18.0 Å². The van der Waals surface area contributed by atoms with Gasteiger partial charge in [-0.1, -0.05) is 23.2 Å². The van der Waals surface area contributed by atoms with Crippen molar-refractivity contribution in [3.8, 4) is 0 Å². The molecule has 0 aromatic heterocycles. The summed E-state index contributed by atoms with van der Waals surface area (Å²) in [7, 11) is 1.19. The number of carbonyl (C=O) groups is 1. The Morgan fingerprint density at radius 2 is 2.00 bits per heavy atom. The predicted octanol–water partition coefficient (Wildman–Crippen LogP) is 2.62. The number of esters is 1. The highest BCUT2D eigenvalue weighted by Crippen LogP contribution is 2.33. The molecule has 0 radical (unpaired) electrons. The summed E-state index contributed by atoms with van der Waals surface area (Å²) in [4.78, 5) is 21.2. The normalized spacial score (nSPS) is 9.94. The molecule has 1 rings (SSSR count). The molecule has 1 aromatic rings. The third-order valence-electron chi connectivity index (χ3n) is 1.91. The fourth-order valence-corrected chi connectivity index (χ4v) is 1.63. The van der Waals surface area contributed by atoms with Gasteiger partial charge in [0.25, 0.3) is 5.69 Å². The van der Waals surface area contributed by atoms with E-state index in [-0.39, 0.29) is 27.7 Å². The Morgan fingerprint density at radius 3 is 2.50 bits per heavy atom. The number of hydrogen-bond donors (Lipinski definition) is 0. The second-order valence-corrected chi connectivity index (χ2v) is 3.68. The summed E-state index contributed by atoms with van der Waals surface area (Å²) in [6, 6.07) is 2.71. The van der Waals surface area contributed by atoms with E-state index in [2.05, 4.69) is 4.74 Å². The minimum absolute atomic E-state index is 0.0611. The van der Waals surface area contributed by atoms with E-state index < -0.39 is 10.9 Å². The zero-order valence-corrected chi connectivity index (χ0v) is 9.71. The fourth-order valence-electron chi connectivity index (χ4n) is 1.17. The van der Waals surface area contributed by atoms with Crippen LogP contribution < -0.4 is 0 Å². The Hall–Kier alpha value is -1.33. The molecule has 0 amide bonds. The van der Waals surface area contributed by atoms with E-state index in [1.807, 2.05) is 0 Å². The second-order valence-electron chi connectivity index (χ2n) is 2.87. The number of nitrogens with zero attached hydrogens (tertiary/aromatic N) is 1. The molecule has 0 aliphatic heterocycles. The summed E-state index contributed by atoms with van der Waals surface area (Å²) in [5, 5.41) is 10.8. The molecule has 0 atom stereocenters. The van der Waals surface area contributed by atoms with Gasteiger partial charge in [-0.2, -0.15) is 0 Å². The van der Waals surface area contributed by atoms with E-state index in [0.29, 0.717) is 0 Å². The Labute approximate surface area is 101 Å². The van der Waals surface area contributed by atoms with E-state index in [1.54, 1.807) is 0 Å². The number of hydrogen-bond acceptors (Lipinski definition) is 4. The van der Waals surface area contributed by atoms with Gasteiger partial charge in [-0.15, -0.1) is 0 Å². The summed E-state index contributed by atoms with van der Waals surface area (Å²) in [5.74, 6) is -0.618. The fraction of sp³-hybridized carbons (Fsp3) is 0.222. The van der Waals surface area contributed by atoms with Gasteiger partial charge in [0.05, 0.1) is 29.0 Å². The number of nitro groups is 1. The van der Waals surface area contributed by atoms with Gasteiger partial charge in [0.1, 0.15) is 5.02 Å². The molecule has 0 unspecified atom stereocenters. The van der Waals surface area contributed by atoms with Crippen LogP contribution in [-0.2, 0) is 16.0 Å². The van der Waals surface area contributed by atoms with Crippen molar-refractivity contribution >= 4 is 34.9 Å². The molecule has 86 valence electrons. The lowest BCUT2D eigenvalue weighted by Crippen LogP contribution is -2.07. The minimum atomic E-state index is -0.674. The maximum absolute atomic E-state index is 11.1. The first-order valence-corrected chi connectivity index (χ1v) is 4.91. The van der Waals surface area contributed by atoms with Gasteiger partial charge in [0, 0.05) is 0 Å². The molecule has 0 bridgehead atoms. The average molecular weight is 264 g/mol. The van der Waals surface area contributed by atoms with Crippen molar-refractivity contribution < 1.29 is 14.5 Å². The lowest BCUT2D eigenvalue weighted by Gasteiger charge is -2.05. The molecule has 0 heterocycles. The van der Waals surface area contributed by atoms with Crippen LogP contribution in [0.2, 0.25) is 10.0 Å². The molecule has 0 fully saturated rings. The number of carbonyl (C=O) groups excluding carboxylic acids is 1. The predicted molar refractivity (Wildman–Crippen MR) is 58.8 cm³/mol. The van der Waals surface area contributed by atoms with Crippen molar-refractivity contribution in [2.75, 3.05) is 7.11 Å². The molecule has 5 nitrogen and oxygen atoms in total. The van der Waals surface area contributed by atoms with Gasteiger partial charge in [-0.3, -0.25) is 14.9 Å². The third-order valence-corrected chi connectivity index (χ3v) is 2.57. The first-order chi connectivity index (χ1) is 7.47. The molecule has 0 saturated carbocycles. The van der Waals surface area contributed by atoms with Gasteiger partial charge in [0.2, 0.25) is 0 Å². The molecule has 1 aromatic carbocycles. The molecule has 0 N–H and O–H groups in total. The minimum Gasteiger partial charge on any atom is -0.469 e. The van der Waals surface area contributed by atoms with Gasteiger partial charge >= 0.3 is 5.97 Å². The summed E-state index contributed by atoms with van der Waals surface area (Å²) in [5.41, 5.74) is -0.300. The number of methoxy groups -OCH3 is 1. The summed E-state index contributed by atoms with van der Waals surface area (Å²) >= 11 is 11.4. The molecular formula is C9H7Cl2NO4. The molecule has 0 aliphatic rings. The topological polar surface area (TPSA) is 69.4 Å². The number of nitro benzene ring substituents is 1. The van der Waals surface area contributed by atoms with E-state index in [1.165, 1.54) is 19.2 Å². The Balaban J connectivity index is 3.28. The number of benzene rings is 1. The molecule has 0 saturated heterocycles. The van der Waals surface area contributed by atoms with E-state index in [0.717, 1.165) is 0 Å². The highest BCUT2D eigenvalue weighted by molar-refractivity contribution is 6.35. The third kappa shape index (κ3) is 2.62. The number of halogens is 2. The van der Waals surface area contributed by atoms with Crippen LogP contribution in [0.5, 0.6) is 0 Å². The van der Waals surface area contributed by atoms with Gasteiger partial charge in [-0.25, -0.2) is 0 Å². The highest BCUT2D eigenvalue weighted by Gasteiger charge is 2.23. The second kappa shape index (κ2) is 5.14. The van der Waals surface area contributed by atoms with Gasteiger partial charge in [-0.05, 0) is 12.1 Å². The van der Waals surface area contributed by atoms with Crippen molar-refractivity contribution in [1.29, 1.82) is 0 Å². The van der Waals surface area contributed by atoms with Crippen molar-refractivity contribution in [2.45, 2.75) is 6.42 Å². The maximum Gasteiger partial charge on any atom is 0.310 e. The van der Waals surface area contributed by atoms with Crippen molar-refractivity contribution in [3.63, 3.8) is 0 Å². The lowest BCUT2D eigenvalue weighted by molar-refractivity contribution is -0.385. The molecular weight excluding hydrogens is 257 g/mol. The largest absolute Gasteiger partial charge is 0.469 e. The van der Waals surface area contributed by atoms with E-state index in [9.17, 15) is 14.9 Å². The SMILES string of the molecule is COC(=O)Cc1c(Cl)ccc(Cl)c1[N+](=O)[O-]. The first-order valence-electron chi connectivity index (χ1n) is 4.15. The Bertz CT molecular complexity index is 447. The molecule has 0 spiro atoms. The standard InChI is InChI=1S/C9H7Cl2NO4/c1-16-8(13)4-5-6(10)2-3-7(11)9(5)12(14)15/h2-3H,4H2,1H3. The summed E-state index contributed by atoms with van der Waals surface area (Å²) in [6.07, 6.45) is -0.286. The average Bonchev–Trinajstić information content (AvgIpc) is 2.22.